The molecule has 0 aromatic carbocycles. The van der Waals surface area contributed by atoms with Gasteiger partial charge in [0.25, 0.3) is 0 Å². The lowest BCUT2D eigenvalue weighted by Gasteiger charge is -2.27. The number of aryl methyl sites for hydroxylation is 1. The summed E-state index contributed by atoms with van der Waals surface area (Å²) in [5.74, 6) is 1.30. The molecule has 6 heteroatoms. The van der Waals surface area contributed by atoms with E-state index in [0.29, 0.717) is 18.4 Å². The van der Waals surface area contributed by atoms with Gasteiger partial charge in [0.1, 0.15) is 0 Å². The van der Waals surface area contributed by atoms with Crippen molar-refractivity contribution in [2.75, 3.05) is 51.2 Å². The number of nitrogens with zero attached hydrogens (tertiary/aromatic N) is 3. The van der Waals surface area contributed by atoms with Gasteiger partial charge in [-0.3, -0.25) is 0 Å². The van der Waals surface area contributed by atoms with Crippen molar-refractivity contribution in [1.82, 2.24) is 20.2 Å². The van der Waals surface area contributed by atoms with E-state index in [1.165, 1.54) is 0 Å². The van der Waals surface area contributed by atoms with Gasteiger partial charge in [-0.05, 0) is 26.8 Å². The molecule has 1 aliphatic rings. The summed E-state index contributed by atoms with van der Waals surface area (Å²) >= 11 is 0. The Morgan fingerprint density at radius 3 is 2.90 bits per heavy atom. The summed E-state index contributed by atoms with van der Waals surface area (Å²) in [5, 5.41) is 6.64. The van der Waals surface area contributed by atoms with Crippen molar-refractivity contribution >= 4 is 5.95 Å². The van der Waals surface area contributed by atoms with Crippen molar-refractivity contribution in [3.8, 4) is 5.88 Å². The number of piperazine rings is 1. The minimum Gasteiger partial charge on any atom is -0.478 e. The molecule has 1 fully saturated rings. The van der Waals surface area contributed by atoms with Crippen LogP contribution in [0.25, 0.3) is 0 Å². The molecule has 6 nitrogen and oxygen atoms in total. The summed E-state index contributed by atoms with van der Waals surface area (Å²) in [6, 6.07) is 1.86. The monoisotopic (exact) mass is 279 g/mol. The van der Waals surface area contributed by atoms with Crippen LogP contribution in [0.5, 0.6) is 5.88 Å². The fourth-order valence-corrected chi connectivity index (χ4v) is 2.28. The average Bonchev–Trinajstić information content (AvgIpc) is 2.45. The molecule has 0 aliphatic carbocycles. The molecule has 1 saturated heterocycles. The fourth-order valence-electron chi connectivity index (χ4n) is 2.28. The molecule has 20 heavy (non-hydrogen) atoms. The standard InChI is InChI=1S/C14H25N5O/c1-3-20-13-11-12(2)17-14(18-13)16-5-4-8-19-9-6-15-7-10-19/h11,15H,3-10H2,1-2H3,(H,16,17,18). The van der Waals surface area contributed by atoms with Crippen LogP contribution >= 0.6 is 0 Å². The number of rotatable bonds is 7. The molecule has 0 saturated carbocycles. The lowest BCUT2D eigenvalue weighted by atomic mass is 10.3. The van der Waals surface area contributed by atoms with Gasteiger partial charge in [0.15, 0.2) is 0 Å². The van der Waals surface area contributed by atoms with Gasteiger partial charge < -0.3 is 20.3 Å². The Hall–Kier alpha value is -1.40. The minimum atomic E-state index is 0.624. The second kappa shape index (κ2) is 8.01. The van der Waals surface area contributed by atoms with Crippen LogP contribution < -0.4 is 15.4 Å². The largest absolute Gasteiger partial charge is 0.478 e. The van der Waals surface area contributed by atoms with E-state index in [9.17, 15) is 0 Å². The molecule has 2 heterocycles. The minimum absolute atomic E-state index is 0.624. The SMILES string of the molecule is CCOc1cc(C)nc(NCCCN2CCNCC2)n1. The van der Waals surface area contributed by atoms with Gasteiger partial charge in [-0.1, -0.05) is 0 Å². The highest BCUT2D eigenvalue weighted by Gasteiger charge is 2.08. The molecule has 0 spiro atoms. The van der Waals surface area contributed by atoms with Crippen molar-refractivity contribution < 1.29 is 4.74 Å². The maximum absolute atomic E-state index is 5.42. The molecular weight excluding hydrogens is 254 g/mol. The summed E-state index contributed by atoms with van der Waals surface area (Å²) in [5.41, 5.74) is 0.924. The van der Waals surface area contributed by atoms with Crippen molar-refractivity contribution in [3.63, 3.8) is 0 Å². The third-order valence-corrected chi connectivity index (χ3v) is 3.27. The summed E-state index contributed by atoms with van der Waals surface area (Å²) < 4.78 is 5.42. The zero-order valence-electron chi connectivity index (χ0n) is 12.5. The normalized spacial score (nSPS) is 16.1. The van der Waals surface area contributed by atoms with Crippen molar-refractivity contribution in [2.45, 2.75) is 20.3 Å². The molecule has 0 unspecified atom stereocenters. The smallest absolute Gasteiger partial charge is 0.226 e. The Kier molecular flexibility index (Phi) is 6.01. The highest BCUT2D eigenvalue weighted by Crippen LogP contribution is 2.11. The van der Waals surface area contributed by atoms with Gasteiger partial charge in [-0.2, -0.15) is 4.98 Å². The second-order valence-corrected chi connectivity index (χ2v) is 4.98. The molecule has 0 bridgehead atoms. The third kappa shape index (κ3) is 4.94. The Labute approximate surface area is 120 Å². The highest BCUT2D eigenvalue weighted by atomic mass is 16.5. The lowest BCUT2D eigenvalue weighted by Crippen LogP contribution is -2.44. The van der Waals surface area contributed by atoms with Crippen molar-refractivity contribution in [3.05, 3.63) is 11.8 Å². The van der Waals surface area contributed by atoms with E-state index in [2.05, 4.69) is 25.5 Å². The van der Waals surface area contributed by atoms with E-state index >= 15 is 0 Å². The predicted molar refractivity (Wildman–Crippen MR) is 80.4 cm³/mol. The molecule has 1 aliphatic heterocycles. The van der Waals surface area contributed by atoms with Crippen LogP contribution in [0.2, 0.25) is 0 Å². The molecule has 112 valence electrons. The Morgan fingerprint density at radius 1 is 1.35 bits per heavy atom. The van der Waals surface area contributed by atoms with E-state index in [0.717, 1.165) is 51.4 Å². The summed E-state index contributed by atoms with van der Waals surface area (Å²) in [6.45, 7) is 11.0. The summed E-state index contributed by atoms with van der Waals surface area (Å²) in [7, 11) is 0. The molecule has 1 aromatic heterocycles. The average molecular weight is 279 g/mol. The Bertz CT molecular complexity index is 407. The molecule has 0 amide bonds. The van der Waals surface area contributed by atoms with Crippen LogP contribution in [0.1, 0.15) is 19.0 Å². The molecule has 1 aromatic rings. The Balaban J connectivity index is 1.72. The first kappa shape index (κ1) is 15.0. The Morgan fingerprint density at radius 2 is 2.15 bits per heavy atom. The van der Waals surface area contributed by atoms with E-state index in [1.807, 2.05) is 19.9 Å². The third-order valence-electron chi connectivity index (χ3n) is 3.27. The van der Waals surface area contributed by atoms with Gasteiger partial charge in [-0.15, -0.1) is 0 Å². The van der Waals surface area contributed by atoms with Crippen LogP contribution in [0.4, 0.5) is 5.95 Å². The van der Waals surface area contributed by atoms with E-state index < -0.39 is 0 Å². The number of aromatic nitrogens is 2. The topological polar surface area (TPSA) is 62.3 Å². The van der Waals surface area contributed by atoms with Gasteiger partial charge in [-0.25, -0.2) is 4.98 Å². The van der Waals surface area contributed by atoms with E-state index in [-0.39, 0.29) is 0 Å². The van der Waals surface area contributed by atoms with Gasteiger partial charge in [0.05, 0.1) is 6.61 Å². The maximum Gasteiger partial charge on any atom is 0.226 e. The molecular formula is C14H25N5O. The number of nitrogens with one attached hydrogen (secondary N) is 2. The lowest BCUT2D eigenvalue weighted by molar-refractivity contribution is 0.240. The first-order valence-electron chi connectivity index (χ1n) is 7.43. The number of hydrogen-bond donors (Lipinski definition) is 2. The number of hydrogen-bond acceptors (Lipinski definition) is 6. The van der Waals surface area contributed by atoms with E-state index in [4.69, 9.17) is 4.74 Å². The van der Waals surface area contributed by atoms with Gasteiger partial charge in [0, 0.05) is 44.5 Å². The van der Waals surface area contributed by atoms with Crippen LogP contribution in [0.3, 0.4) is 0 Å². The maximum atomic E-state index is 5.42. The first-order valence-corrected chi connectivity index (χ1v) is 7.43. The summed E-state index contributed by atoms with van der Waals surface area (Å²) in [6.07, 6.45) is 1.10. The number of ether oxygens (including phenoxy) is 1. The predicted octanol–water partition coefficient (Wildman–Crippen LogP) is 0.891. The molecule has 2 N–H and O–H groups in total. The van der Waals surface area contributed by atoms with Crippen LogP contribution in [0, 0.1) is 6.92 Å². The van der Waals surface area contributed by atoms with Crippen LogP contribution in [-0.4, -0.2) is 60.7 Å². The van der Waals surface area contributed by atoms with Gasteiger partial charge in [0.2, 0.25) is 11.8 Å². The van der Waals surface area contributed by atoms with Gasteiger partial charge >= 0.3 is 0 Å². The van der Waals surface area contributed by atoms with Crippen molar-refractivity contribution in [2.24, 2.45) is 0 Å². The zero-order valence-corrected chi connectivity index (χ0v) is 12.5. The first-order chi connectivity index (χ1) is 9.78. The summed E-state index contributed by atoms with van der Waals surface area (Å²) in [4.78, 5) is 11.2. The molecule has 0 radical (unpaired) electrons. The molecule has 2 rings (SSSR count). The number of anilines is 1. The van der Waals surface area contributed by atoms with E-state index in [1.54, 1.807) is 0 Å². The molecule has 0 atom stereocenters. The second-order valence-electron chi connectivity index (χ2n) is 4.98. The van der Waals surface area contributed by atoms with Crippen LogP contribution in [0.15, 0.2) is 6.07 Å². The zero-order chi connectivity index (χ0) is 14.2. The quantitative estimate of drug-likeness (QED) is 0.723. The fraction of sp³-hybridized carbons (Fsp3) is 0.714. The van der Waals surface area contributed by atoms with Crippen molar-refractivity contribution in [1.29, 1.82) is 0 Å². The highest BCUT2D eigenvalue weighted by molar-refractivity contribution is 5.30. The van der Waals surface area contributed by atoms with Crippen LogP contribution in [-0.2, 0) is 0 Å².